The van der Waals surface area contributed by atoms with Crippen molar-refractivity contribution in [1.29, 1.82) is 0 Å². The molecule has 2 N–H and O–H groups in total. The Kier molecular flexibility index (Phi) is 4.68. The van der Waals surface area contributed by atoms with Crippen LogP contribution in [-0.2, 0) is 4.79 Å². The molecule has 6 heteroatoms. The molecule has 1 aromatic heterocycles. The van der Waals surface area contributed by atoms with Gasteiger partial charge in [0.05, 0.1) is 11.9 Å². The predicted molar refractivity (Wildman–Crippen MR) is 83.6 cm³/mol. The lowest BCUT2D eigenvalue weighted by Gasteiger charge is -2.44. The van der Waals surface area contributed by atoms with Crippen LogP contribution >= 0.6 is 0 Å². The Balaban J connectivity index is 2.07. The van der Waals surface area contributed by atoms with E-state index in [2.05, 4.69) is 10.3 Å². The summed E-state index contributed by atoms with van der Waals surface area (Å²) in [6.07, 6.45) is 3.43. The number of carboxylic acid groups (broad SMARTS) is 1. The molecule has 0 spiro atoms. The Morgan fingerprint density at radius 3 is 2.68 bits per heavy atom. The third kappa shape index (κ3) is 3.75. The van der Waals surface area contributed by atoms with Crippen LogP contribution in [0.3, 0.4) is 0 Å². The highest BCUT2D eigenvalue weighted by Gasteiger charge is 2.40. The zero-order valence-electron chi connectivity index (χ0n) is 13.2. The minimum absolute atomic E-state index is 0.0627. The first kappa shape index (κ1) is 16.3. The van der Waals surface area contributed by atoms with Gasteiger partial charge in [-0.2, -0.15) is 0 Å². The second kappa shape index (κ2) is 6.34. The van der Waals surface area contributed by atoms with E-state index in [-0.39, 0.29) is 23.3 Å². The van der Waals surface area contributed by atoms with Crippen molar-refractivity contribution < 1.29 is 14.7 Å². The summed E-state index contributed by atoms with van der Waals surface area (Å²) in [5.74, 6) is -0.243. The number of rotatable bonds is 2. The van der Waals surface area contributed by atoms with Crippen LogP contribution in [-0.4, -0.2) is 39.6 Å². The molecule has 1 aliphatic rings. The molecule has 0 bridgehead atoms. The average molecular weight is 305 g/mol. The van der Waals surface area contributed by atoms with Crippen LogP contribution in [0.1, 0.15) is 33.6 Å². The molecule has 22 heavy (non-hydrogen) atoms. The van der Waals surface area contributed by atoms with Crippen molar-refractivity contribution in [2.24, 2.45) is 11.3 Å². The molecule has 2 rings (SSSR count). The first-order valence-corrected chi connectivity index (χ1v) is 7.49. The van der Waals surface area contributed by atoms with Gasteiger partial charge in [0, 0.05) is 24.7 Å². The molecule has 2 unspecified atom stereocenters. The van der Waals surface area contributed by atoms with E-state index in [0.29, 0.717) is 25.1 Å². The number of nitrogens with one attached hydrogen (secondary N) is 1. The maximum absolute atomic E-state index is 12.4. The maximum Gasteiger partial charge on any atom is 0.407 e. The Morgan fingerprint density at radius 1 is 1.41 bits per heavy atom. The van der Waals surface area contributed by atoms with Crippen LogP contribution in [0.25, 0.3) is 0 Å². The van der Waals surface area contributed by atoms with E-state index in [1.54, 1.807) is 24.5 Å². The summed E-state index contributed by atoms with van der Waals surface area (Å²) < 4.78 is 0. The van der Waals surface area contributed by atoms with Crippen molar-refractivity contribution in [3.05, 3.63) is 24.5 Å². The number of carbonyl (C=O) groups is 2. The average Bonchev–Trinajstić information content (AvgIpc) is 2.46. The van der Waals surface area contributed by atoms with Crippen molar-refractivity contribution in [3.8, 4) is 0 Å². The van der Waals surface area contributed by atoms with Gasteiger partial charge < -0.3 is 15.3 Å². The lowest BCUT2D eigenvalue weighted by Crippen LogP contribution is -2.53. The van der Waals surface area contributed by atoms with Crippen LogP contribution in [0.15, 0.2) is 24.5 Å². The van der Waals surface area contributed by atoms with E-state index in [1.165, 1.54) is 4.90 Å². The van der Waals surface area contributed by atoms with Crippen LogP contribution in [0.4, 0.5) is 10.5 Å². The van der Waals surface area contributed by atoms with Crippen molar-refractivity contribution in [1.82, 2.24) is 9.88 Å². The molecule has 1 aliphatic heterocycles. The van der Waals surface area contributed by atoms with Gasteiger partial charge >= 0.3 is 6.09 Å². The Morgan fingerprint density at radius 2 is 2.14 bits per heavy atom. The van der Waals surface area contributed by atoms with E-state index in [4.69, 9.17) is 0 Å². The van der Waals surface area contributed by atoms with Gasteiger partial charge in [-0.05, 0) is 30.4 Å². The Hall–Kier alpha value is -2.11. The van der Waals surface area contributed by atoms with E-state index in [1.807, 2.05) is 20.8 Å². The van der Waals surface area contributed by atoms with Crippen molar-refractivity contribution >= 4 is 17.7 Å². The van der Waals surface area contributed by atoms with Gasteiger partial charge in [0.2, 0.25) is 5.91 Å². The fourth-order valence-corrected chi connectivity index (χ4v) is 2.93. The van der Waals surface area contributed by atoms with Gasteiger partial charge in [-0.1, -0.05) is 20.8 Å². The number of hydrogen-bond acceptors (Lipinski definition) is 3. The normalized spacial score (nSPS) is 22.2. The molecule has 2 amide bonds. The SMILES string of the molecule is CC(C)(C)C1CC(C(=O)Nc2cccnc2)CCN1C(=O)O. The number of pyridine rings is 1. The van der Waals surface area contributed by atoms with Gasteiger partial charge in [0.25, 0.3) is 0 Å². The smallest absolute Gasteiger partial charge is 0.407 e. The van der Waals surface area contributed by atoms with Crippen LogP contribution < -0.4 is 5.32 Å². The highest BCUT2D eigenvalue weighted by Crippen LogP contribution is 2.35. The summed E-state index contributed by atoms with van der Waals surface area (Å²) in [5.41, 5.74) is 0.464. The molecule has 120 valence electrons. The van der Waals surface area contributed by atoms with E-state index in [9.17, 15) is 14.7 Å². The van der Waals surface area contributed by atoms with Gasteiger partial charge in [0.1, 0.15) is 0 Å². The van der Waals surface area contributed by atoms with Crippen molar-refractivity contribution in [2.45, 2.75) is 39.7 Å². The first-order valence-electron chi connectivity index (χ1n) is 7.49. The topological polar surface area (TPSA) is 82.5 Å². The standard InChI is InChI=1S/C16H23N3O3/c1-16(2,3)13-9-11(6-8-19(13)15(21)22)14(20)18-12-5-4-7-17-10-12/h4-5,7,10-11,13H,6,8-9H2,1-3H3,(H,18,20)(H,21,22). The first-order chi connectivity index (χ1) is 10.3. The molecule has 0 radical (unpaired) electrons. The number of carbonyl (C=O) groups excluding carboxylic acids is 1. The van der Waals surface area contributed by atoms with E-state index >= 15 is 0 Å². The van der Waals surface area contributed by atoms with Crippen LogP contribution in [0.5, 0.6) is 0 Å². The minimum atomic E-state index is -0.911. The van der Waals surface area contributed by atoms with Gasteiger partial charge in [-0.25, -0.2) is 4.79 Å². The molecule has 1 saturated heterocycles. The van der Waals surface area contributed by atoms with Crippen LogP contribution in [0, 0.1) is 11.3 Å². The molecule has 2 atom stereocenters. The highest BCUT2D eigenvalue weighted by molar-refractivity contribution is 5.92. The number of amides is 2. The summed E-state index contributed by atoms with van der Waals surface area (Å²) in [6.45, 7) is 6.42. The third-order valence-corrected chi connectivity index (χ3v) is 4.15. The summed E-state index contributed by atoms with van der Waals surface area (Å²) in [6, 6.07) is 3.39. The highest BCUT2D eigenvalue weighted by atomic mass is 16.4. The summed E-state index contributed by atoms with van der Waals surface area (Å²) >= 11 is 0. The summed E-state index contributed by atoms with van der Waals surface area (Å²) in [5, 5.41) is 12.2. The Labute approximate surface area is 130 Å². The fraction of sp³-hybridized carbons (Fsp3) is 0.562. The molecular formula is C16H23N3O3. The molecule has 2 heterocycles. The van der Waals surface area contributed by atoms with Crippen molar-refractivity contribution in [3.63, 3.8) is 0 Å². The summed E-state index contributed by atoms with van der Waals surface area (Å²) in [4.78, 5) is 29.2. The molecule has 1 fully saturated rings. The molecule has 6 nitrogen and oxygen atoms in total. The number of hydrogen-bond donors (Lipinski definition) is 2. The number of likely N-dealkylation sites (tertiary alicyclic amines) is 1. The van der Waals surface area contributed by atoms with Gasteiger partial charge in [-0.15, -0.1) is 0 Å². The quantitative estimate of drug-likeness (QED) is 0.880. The summed E-state index contributed by atoms with van der Waals surface area (Å²) in [7, 11) is 0. The molecule has 0 aromatic carbocycles. The molecular weight excluding hydrogens is 282 g/mol. The second-order valence-electron chi connectivity index (χ2n) is 6.81. The Bertz CT molecular complexity index is 539. The fourth-order valence-electron chi connectivity index (χ4n) is 2.93. The molecule has 0 saturated carbocycles. The monoisotopic (exact) mass is 305 g/mol. The number of piperidine rings is 1. The number of nitrogens with zero attached hydrogens (tertiary/aromatic N) is 2. The number of anilines is 1. The maximum atomic E-state index is 12.4. The number of aromatic nitrogens is 1. The lowest BCUT2D eigenvalue weighted by molar-refractivity contribution is -0.122. The molecule has 1 aromatic rings. The zero-order valence-corrected chi connectivity index (χ0v) is 13.2. The van der Waals surface area contributed by atoms with E-state index in [0.717, 1.165) is 0 Å². The second-order valence-corrected chi connectivity index (χ2v) is 6.81. The predicted octanol–water partition coefficient (Wildman–Crippen LogP) is 2.82. The largest absolute Gasteiger partial charge is 0.465 e. The third-order valence-electron chi connectivity index (χ3n) is 4.15. The van der Waals surface area contributed by atoms with Gasteiger partial charge in [-0.3, -0.25) is 9.78 Å². The van der Waals surface area contributed by atoms with Crippen LogP contribution in [0.2, 0.25) is 0 Å². The molecule has 0 aliphatic carbocycles. The zero-order chi connectivity index (χ0) is 16.3. The minimum Gasteiger partial charge on any atom is -0.465 e. The van der Waals surface area contributed by atoms with E-state index < -0.39 is 6.09 Å². The lowest BCUT2D eigenvalue weighted by atomic mass is 9.77. The van der Waals surface area contributed by atoms with Gasteiger partial charge in [0.15, 0.2) is 0 Å². The van der Waals surface area contributed by atoms with Crippen molar-refractivity contribution in [2.75, 3.05) is 11.9 Å².